The first-order chi connectivity index (χ1) is 12.0. The van der Waals surface area contributed by atoms with E-state index in [1.165, 1.54) is 18.2 Å². The largest absolute Gasteiger partial charge is 0.474 e. The summed E-state index contributed by atoms with van der Waals surface area (Å²) in [6, 6.07) is 4.18. The number of nitro groups is 1. The fraction of sp³-hybridized carbons (Fsp3) is 0.588. The zero-order valence-corrected chi connectivity index (χ0v) is 14.9. The Morgan fingerprint density at radius 1 is 1.36 bits per heavy atom. The molecule has 1 amide bonds. The summed E-state index contributed by atoms with van der Waals surface area (Å²) < 4.78 is 5.61. The van der Waals surface area contributed by atoms with Crippen LogP contribution in [0.25, 0.3) is 0 Å². The number of nitrogens with one attached hydrogen (secondary N) is 1. The third-order valence-electron chi connectivity index (χ3n) is 5.10. The number of ether oxygens (including phenoxy) is 1. The molecule has 0 saturated carbocycles. The number of amides is 1. The summed E-state index contributed by atoms with van der Waals surface area (Å²) in [5.74, 6) is 1.20. The number of fused-ring (bicyclic) bond motifs is 1. The highest BCUT2D eigenvalue weighted by molar-refractivity contribution is 6.30. The van der Waals surface area contributed by atoms with Crippen LogP contribution in [-0.4, -0.2) is 48.0 Å². The van der Waals surface area contributed by atoms with Gasteiger partial charge in [0.25, 0.3) is 5.91 Å². The van der Waals surface area contributed by atoms with Crippen LogP contribution in [0.3, 0.4) is 0 Å². The molecule has 0 spiro atoms. The van der Waals surface area contributed by atoms with E-state index in [-0.39, 0.29) is 22.4 Å². The number of nitro benzene ring substituents is 1. The Balaban J connectivity index is 1.66. The number of nitrogens with zero attached hydrogens (tertiary/aromatic N) is 2. The van der Waals surface area contributed by atoms with Crippen molar-refractivity contribution in [2.45, 2.75) is 25.9 Å². The van der Waals surface area contributed by atoms with Gasteiger partial charge in [-0.2, -0.15) is 0 Å². The predicted octanol–water partition coefficient (Wildman–Crippen LogP) is 2.47. The highest BCUT2D eigenvalue weighted by Gasteiger charge is 2.33. The summed E-state index contributed by atoms with van der Waals surface area (Å²) >= 11 is 5.81. The fourth-order valence-electron chi connectivity index (χ4n) is 3.67. The summed E-state index contributed by atoms with van der Waals surface area (Å²) in [5.41, 5.74) is -0.233. The van der Waals surface area contributed by atoms with Crippen molar-refractivity contribution in [2.24, 2.45) is 11.8 Å². The van der Waals surface area contributed by atoms with E-state index in [4.69, 9.17) is 16.3 Å². The van der Waals surface area contributed by atoms with Crippen molar-refractivity contribution in [3.8, 4) is 5.75 Å². The number of carbonyl (C=O) groups excluding carboxylic acids is 1. The van der Waals surface area contributed by atoms with Crippen LogP contribution in [-0.2, 0) is 4.79 Å². The van der Waals surface area contributed by atoms with E-state index in [0.717, 1.165) is 25.9 Å². The molecule has 0 bridgehead atoms. The Kier molecular flexibility index (Phi) is 5.44. The van der Waals surface area contributed by atoms with Gasteiger partial charge in [-0.3, -0.25) is 14.9 Å². The molecule has 1 aromatic rings. The average Bonchev–Trinajstić information content (AvgIpc) is 2.94. The molecule has 25 heavy (non-hydrogen) atoms. The Morgan fingerprint density at radius 2 is 2.00 bits per heavy atom. The Bertz CT molecular complexity index is 655. The summed E-state index contributed by atoms with van der Waals surface area (Å²) in [6.07, 6.45) is 1.19. The number of carbonyl (C=O) groups is 1. The summed E-state index contributed by atoms with van der Waals surface area (Å²) in [6.45, 7) is 5.09. The molecular formula is C17H22ClN3O4. The molecule has 136 valence electrons. The van der Waals surface area contributed by atoms with Crippen LogP contribution in [0.5, 0.6) is 5.75 Å². The first-order valence-corrected chi connectivity index (χ1v) is 8.93. The van der Waals surface area contributed by atoms with E-state index in [0.29, 0.717) is 24.9 Å². The van der Waals surface area contributed by atoms with E-state index in [1.807, 2.05) is 4.90 Å². The van der Waals surface area contributed by atoms with Gasteiger partial charge < -0.3 is 15.0 Å². The molecule has 3 atom stereocenters. The molecule has 2 saturated heterocycles. The van der Waals surface area contributed by atoms with Gasteiger partial charge in [-0.15, -0.1) is 0 Å². The van der Waals surface area contributed by atoms with Gasteiger partial charge in [-0.05, 0) is 56.8 Å². The van der Waals surface area contributed by atoms with Crippen molar-refractivity contribution in [2.75, 3.05) is 26.2 Å². The Morgan fingerprint density at radius 3 is 2.60 bits per heavy atom. The van der Waals surface area contributed by atoms with Gasteiger partial charge in [0.1, 0.15) is 0 Å². The first-order valence-electron chi connectivity index (χ1n) is 8.56. The topological polar surface area (TPSA) is 84.7 Å². The lowest BCUT2D eigenvalue weighted by atomic mass is 9.92. The van der Waals surface area contributed by atoms with E-state index < -0.39 is 11.0 Å². The van der Waals surface area contributed by atoms with E-state index >= 15 is 0 Å². The van der Waals surface area contributed by atoms with Crippen LogP contribution in [0.15, 0.2) is 18.2 Å². The molecule has 7 nitrogen and oxygen atoms in total. The van der Waals surface area contributed by atoms with Crippen LogP contribution in [0, 0.1) is 22.0 Å². The van der Waals surface area contributed by atoms with Gasteiger partial charge >= 0.3 is 5.69 Å². The van der Waals surface area contributed by atoms with Crippen LogP contribution >= 0.6 is 11.6 Å². The number of likely N-dealkylation sites (tertiary alicyclic amines) is 1. The van der Waals surface area contributed by atoms with Gasteiger partial charge in [0.05, 0.1) is 4.92 Å². The van der Waals surface area contributed by atoms with E-state index in [2.05, 4.69) is 5.32 Å². The zero-order chi connectivity index (χ0) is 18.0. The molecule has 8 heteroatoms. The predicted molar refractivity (Wildman–Crippen MR) is 93.9 cm³/mol. The lowest BCUT2D eigenvalue weighted by molar-refractivity contribution is -0.386. The molecule has 1 aromatic carbocycles. The number of halogens is 1. The molecule has 1 unspecified atom stereocenters. The van der Waals surface area contributed by atoms with Crippen LogP contribution < -0.4 is 10.1 Å². The van der Waals surface area contributed by atoms with Crippen molar-refractivity contribution in [3.05, 3.63) is 33.3 Å². The highest BCUT2D eigenvalue weighted by Crippen LogP contribution is 2.31. The number of rotatable bonds is 4. The molecule has 0 aromatic heterocycles. The smallest absolute Gasteiger partial charge is 0.312 e. The lowest BCUT2D eigenvalue weighted by Gasteiger charge is -2.25. The third kappa shape index (κ3) is 4.04. The zero-order valence-electron chi connectivity index (χ0n) is 14.1. The quantitative estimate of drug-likeness (QED) is 0.652. The molecule has 2 heterocycles. The van der Waals surface area contributed by atoms with Crippen molar-refractivity contribution in [1.29, 1.82) is 0 Å². The summed E-state index contributed by atoms with van der Waals surface area (Å²) in [7, 11) is 0. The summed E-state index contributed by atoms with van der Waals surface area (Å²) in [5, 5.41) is 14.8. The lowest BCUT2D eigenvalue weighted by Crippen LogP contribution is -2.41. The molecule has 2 fully saturated rings. The molecule has 0 aliphatic carbocycles. The van der Waals surface area contributed by atoms with Gasteiger partial charge in [-0.1, -0.05) is 11.6 Å². The number of hydrogen-bond acceptors (Lipinski definition) is 5. The minimum absolute atomic E-state index is 0.0612. The second kappa shape index (κ2) is 7.58. The molecule has 2 aliphatic rings. The maximum Gasteiger partial charge on any atom is 0.312 e. The minimum atomic E-state index is -0.782. The normalized spacial score (nSPS) is 24.3. The average molecular weight is 368 g/mol. The fourth-order valence-corrected chi connectivity index (χ4v) is 3.84. The van der Waals surface area contributed by atoms with Crippen LogP contribution in [0.4, 0.5) is 5.69 Å². The standard InChI is InChI=1S/C17H22ClN3O4/c1-11(25-16-3-2-14(18)8-15(16)21(23)24)17(22)20-6-4-12-9-19-10-13(12)5-7-20/h2-3,8,11-13,19H,4-7,9-10H2,1H3/t11?,12-,13+. The monoisotopic (exact) mass is 367 g/mol. The maximum atomic E-state index is 12.7. The number of benzene rings is 1. The second-order valence-electron chi connectivity index (χ2n) is 6.71. The highest BCUT2D eigenvalue weighted by atomic mass is 35.5. The van der Waals surface area contributed by atoms with Crippen molar-refractivity contribution in [3.63, 3.8) is 0 Å². The first kappa shape index (κ1) is 17.9. The SMILES string of the molecule is CC(Oc1ccc(Cl)cc1[N+](=O)[O-])C(=O)N1CC[C@@H]2CNC[C@@H]2CC1. The van der Waals surface area contributed by atoms with Gasteiger partial charge in [0.15, 0.2) is 11.9 Å². The van der Waals surface area contributed by atoms with Crippen molar-refractivity contribution >= 4 is 23.2 Å². The summed E-state index contributed by atoms with van der Waals surface area (Å²) in [4.78, 5) is 25.1. The van der Waals surface area contributed by atoms with Gasteiger partial charge in [-0.25, -0.2) is 0 Å². The molecule has 1 N–H and O–H groups in total. The van der Waals surface area contributed by atoms with E-state index in [1.54, 1.807) is 6.92 Å². The third-order valence-corrected chi connectivity index (χ3v) is 5.34. The van der Waals surface area contributed by atoms with Crippen molar-refractivity contribution < 1.29 is 14.5 Å². The van der Waals surface area contributed by atoms with Crippen LogP contribution in [0.2, 0.25) is 5.02 Å². The van der Waals surface area contributed by atoms with Gasteiger partial charge in [0, 0.05) is 24.2 Å². The molecule has 3 rings (SSSR count). The molecule has 0 radical (unpaired) electrons. The van der Waals surface area contributed by atoms with Gasteiger partial charge in [0.2, 0.25) is 0 Å². The van der Waals surface area contributed by atoms with E-state index in [9.17, 15) is 14.9 Å². The Hall–Kier alpha value is -1.86. The van der Waals surface area contributed by atoms with Crippen molar-refractivity contribution in [1.82, 2.24) is 10.2 Å². The van der Waals surface area contributed by atoms with Crippen LogP contribution in [0.1, 0.15) is 19.8 Å². The second-order valence-corrected chi connectivity index (χ2v) is 7.15. The molecular weight excluding hydrogens is 346 g/mol. The molecule has 2 aliphatic heterocycles. The Labute approximate surface area is 151 Å². The number of hydrogen-bond donors (Lipinski definition) is 1. The maximum absolute atomic E-state index is 12.7. The minimum Gasteiger partial charge on any atom is -0.474 e.